The topological polar surface area (TPSA) is 77.8 Å². The highest BCUT2D eigenvalue weighted by molar-refractivity contribution is 5.95. The molecule has 6 heteroatoms. The summed E-state index contributed by atoms with van der Waals surface area (Å²) >= 11 is 0. The minimum atomic E-state index is -0.679. The molecule has 1 heterocycles. The van der Waals surface area contributed by atoms with Crippen LogP contribution in [-0.4, -0.2) is 25.2 Å². The van der Waals surface area contributed by atoms with Gasteiger partial charge in [-0.05, 0) is 51.1 Å². The molecule has 29 heavy (non-hydrogen) atoms. The summed E-state index contributed by atoms with van der Waals surface area (Å²) in [5, 5.41) is 3.29. The standard InChI is InChI=1S/C23H25NO5/c1-4-27-22(25)19-15(3)14-17(24-16-10-7-6-8-11-16)20(23(26)28-5-2)21(19)18-12-9-13-29-18/h6-14,19,21,24H,4-5H2,1-3H3/t19-,21+/m1/s1. The van der Waals surface area contributed by atoms with Gasteiger partial charge in [-0.25, -0.2) is 4.79 Å². The van der Waals surface area contributed by atoms with E-state index in [9.17, 15) is 9.59 Å². The zero-order valence-electron chi connectivity index (χ0n) is 16.8. The van der Waals surface area contributed by atoms with Gasteiger partial charge in [0.2, 0.25) is 0 Å². The second-order valence-corrected chi connectivity index (χ2v) is 6.65. The minimum absolute atomic E-state index is 0.221. The molecular formula is C23H25NO5. The number of benzene rings is 1. The van der Waals surface area contributed by atoms with Crippen LogP contribution in [0.5, 0.6) is 0 Å². The molecule has 2 atom stereocenters. The minimum Gasteiger partial charge on any atom is -0.469 e. The summed E-state index contributed by atoms with van der Waals surface area (Å²) in [6, 6.07) is 13.0. The van der Waals surface area contributed by atoms with Crippen molar-refractivity contribution in [1.29, 1.82) is 0 Å². The molecule has 1 aliphatic rings. The average Bonchev–Trinajstić information content (AvgIpc) is 3.23. The van der Waals surface area contributed by atoms with Crippen LogP contribution in [-0.2, 0) is 19.1 Å². The van der Waals surface area contributed by atoms with Gasteiger partial charge in [0.15, 0.2) is 0 Å². The van der Waals surface area contributed by atoms with E-state index in [4.69, 9.17) is 13.9 Å². The normalized spacial score (nSPS) is 18.8. The van der Waals surface area contributed by atoms with E-state index in [1.165, 1.54) is 6.26 Å². The van der Waals surface area contributed by atoms with Crippen molar-refractivity contribution in [3.63, 3.8) is 0 Å². The molecule has 152 valence electrons. The van der Waals surface area contributed by atoms with Gasteiger partial charge in [-0.3, -0.25) is 4.79 Å². The fourth-order valence-corrected chi connectivity index (χ4v) is 3.55. The highest BCUT2D eigenvalue weighted by Gasteiger charge is 2.43. The number of rotatable bonds is 7. The van der Waals surface area contributed by atoms with Crippen molar-refractivity contribution in [3.05, 3.63) is 77.4 Å². The number of para-hydroxylation sites is 1. The second-order valence-electron chi connectivity index (χ2n) is 6.65. The second kappa shape index (κ2) is 9.28. The van der Waals surface area contributed by atoms with E-state index >= 15 is 0 Å². The first-order valence-electron chi connectivity index (χ1n) is 9.68. The zero-order valence-corrected chi connectivity index (χ0v) is 16.8. The van der Waals surface area contributed by atoms with E-state index in [-0.39, 0.29) is 13.2 Å². The molecule has 0 unspecified atom stereocenters. The Hall–Kier alpha value is -3.28. The Morgan fingerprint density at radius 2 is 1.76 bits per heavy atom. The van der Waals surface area contributed by atoms with E-state index in [0.717, 1.165) is 11.3 Å². The molecule has 2 aromatic rings. The molecule has 0 aliphatic heterocycles. The summed E-state index contributed by atoms with van der Waals surface area (Å²) in [4.78, 5) is 25.8. The van der Waals surface area contributed by atoms with Crippen molar-refractivity contribution in [2.45, 2.75) is 26.7 Å². The Morgan fingerprint density at radius 3 is 2.38 bits per heavy atom. The van der Waals surface area contributed by atoms with Gasteiger partial charge >= 0.3 is 11.9 Å². The summed E-state index contributed by atoms with van der Waals surface area (Å²) < 4.78 is 16.3. The molecule has 6 nitrogen and oxygen atoms in total. The summed E-state index contributed by atoms with van der Waals surface area (Å²) in [7, 11) is 0. The lowest BCUT2D eigenvalue weighted by Crippen LogP contribution is -2.33. The van der Waals surface area contributed by atoms with Gasteiger partial charge in [0.25, 0.3) is 0 Å². The number of carbonyl (C=O) groups is 2. The van der Waals surface area contributed by atoms with Crippen LogP contribution in [0.4, 0.5) is 5.69 Å². The van der Waals surface area contributed by atoms with E-state index in [0.29, 0.717) is 17.0 Å². The van der Waals surface area contributed by atoms with E-state index in [1.54, 1.807) is 32.1 Å². The maximum Gasteiger partial charge on any atom is 0.336 e. The van der Waals surface area contributed by atoms with Crippen molar-refractivity contribution in [2.75, 3.05) is 18.5 Å². The maximum atomic E-state index is 13.0. The highest BCUT2D eigenvalue weighted by atomic mass is 16.5. The summed E-state index contributed by atoms with van der Waals surface area (Å²) in [6.45, 7) is 5.83. The number of hydrogen-bond acceptors (Lipinski definition) is 6. The van der Waals surface area contributed by atoms with Crippen LogP contribution < -0.4 is 5.32 Å². The number of esters is 2. The molecule has 0 radical (unpaired) electrons. The lowest BCUT2D eigenvalue weighted by molar-refractivity contribution is -0.147. The predicted octanol–water partition coefficient (Wildman–Crippen LogP) is 4.43. The smallest absolute Gasteiger partial charge is 0.336 e. The fraction of sp³-hybridized carbons (Fsp3) is 0.304. The third-order valence-electron chi connectivity index (χ3n) is 4.74. The van der Waals surface area contributed by atoms with Crippen LogP contribution in [0.1, 0.15) is 32.4 Å². The Morgan fingerprint density at radius 1 is 1.03 bits per heavy atom. The summed E-state index contributed by atoms with van der Waals surface area (Å²) in [6.07, 6.45) is 3.33. The summed E-state index contributed by atoms with van der Waals surface area (Å²) in [5.74, 6) is -1.72. The van der Waals surface area contributed by atoms with Crippen molar-refractivity contribution in [3.8, 4) is 0 Å². The lowest BCUT2D eigenvalue weighted by Gasteiger charge is -2.31. The number of ether oxygens (including phenoxy) is 2. The number of nitrogens with one attached hydrogen (secondary N) is 1. The Balaban J connectivity index is 2.15. The molecule has 0 saturated carbocycles. The van der Waals surface area contributed by atoms with Crippen molar-refractivity contribution in [2.24, 2.45) is 5.92 Å². The number of furan rings is 1. The predicted molar refractivity (Wildman–Crippen MR) is 109 cm³/mol. The van der Waals surface area contributed by atoms with Crippen molar-refractivity contribution >= 4 is 17.6 Å². The van der Waals surface area contributed by atoms with Crippen LogP contribution in [0.2, 0.25) is 0 Å². The number of anilines is 1. The molecule has 0 spiro atoms. The molecular weight excluding hydrogens is 370 g/mol. The largest absolute Gasteiger partial charge is 0.469 e. The van der Waals surface area contributed by atoms with Crippen LogP contribution in [0.3, 0.4) is 0 Å². The van der Waals surface area contributed by atoms with Crippen LogP contribution >= 0.6 is 0 Å². The van der Waals surface area contributed by atoms with Crippen LogP contribution in [0.25, 0.3) is 0 Å². The lowest BCUT2D eigenvalue weighted by atomic mass is 9.75. The van der Waals surface area contributed by atoms with Gasteiger partial charge < -0.3 is 19.2 Å². The fourth-order valence-electron chi connectivity index (χ4n) is 3.55. The van der Waals surface area contributed by atoms with E-state index in [1.807, 2.05) is 37.3 Å². The van der Waals surface area contributed by atoms with Crippen molar-refractivity contribution < 1.29 is 23.5 Å². The average molecular weight is 395 g/mol. The van der Waals surface area contributed by atoms with Gasteiger partial charge in [-0.2, -0.15) is 0 Å². The first kappa shape index (κ1) is 20.5. The highest BCUT2D eigenvalue weighted by Crippen LogP contribution is 2.43. The van der Waals surface area contributed by atoms with E-state index in [2.05, 4.69) is 5.32 Å². The molecule has 0 bridgehead atoms. The van der Waals surface area contributed by atoms with Gasteiger partial charge in [-0.1, -0.05) is 23.8 Å². The third-order valence-corrected chi connectivity index (χ3v) is 4.74. The Labute approximate surface area is 170 Å². The molecule has 1 N–H and O–H groups in total. The Bertz CT molecular complexity index is 912. The van der Waals surface area contributed by atoms with Crippen molar-refractivity contribution in [1.82, 2.24) is 0 Å². The molecule has 0 fully saturated rings. The third kappa shape index (κ3) is 4.42. The maximum absolute atomic E-state index is 13.0. The van der Waals surface area contributed by atoms with E-state index < -0.39 is 23.8 Å². The SMILES string of the molecule is CCOC(=O)C1=C(Nc2ccccc2)C=C(C)[C@@H](C(=O)OCC)[C@@H]1c1ccco1. The molecule has 0 amide bonds. The molecule has 1 aliphatic carbocycles. The number of allylic oxidation sites excluding steroid dienone is 1. The quantitative estimate of drug-likeness (QED) is 0.699. The van der Waals surface area contributed by atoms with Gasteiger partial charge in [0, 0.05) is 11.4 Å². The van der Waals surface area contributed by atoms with Gasteiger partial charge in [0.05, 0.1) is 36.9 Å². The number of hydrogen-bond donors (Lipinski definition) is 1. The molecule has 1 aromatic heterocycles. The monoisotopic (exact) mass is 395 g/mol. The molecule has 1 aromatic carbocycles. The first-order valence-corrected chi connectivity index (χ1v) is 9.68. The zero-order chi connectivity index (χ0) is 20.8. The van der Waals surface area contributed by atoms with Crippen LogP contribution in [0, 0.1) is 5.92 Å². The molecule has 3 rings (SSSR count). The van der Waals surface area contributed by atoms with Crippen LogP contribution in [0.15, 0.2) is 76.1 Å². The van der Waals surface area contributed by atoms with Gasteiger partial charge in [-0.15, -0.1) is 0 Å². The Kier molecular flexibility index (Phi) is 6.54. The summed E-state index contributed by atoms with van der Waals surface area (Å²) in [5.41, 5.74) is 2.51. The number of carbonyl (C=O) groups excluding carboxylic acids is 2. The van der Waals surface area contributed by atoms with Gasteiger partial charge in [0.1, 0.15) is 5.76 Å². The molecule has 0 saturated heterocycles. The first-order chi connectivity index (χ1) is 14.1.